The van der Waals surface area contributed by atoms with E-state index in [1.54, 1.807) is 0 Å². The molecule has 7 atom stereocenters. The lowest BCUT2D eigenvalue weighted by Gasteiger charge is -2.49. The van der Waals surface area contributed by atoms with Crippen LogP contribution in [-0.2, 0) is 0 Å². The molecule has 3 N–H and O–H groups in total. The van der Waals surface area contributed by atoms with Crippen molar-refractivity contribution >= 4 is 5.96 Å². The first-order valence-electron chi connectivity index (χ1n) is 9.75. The molecular formula is C19H35N3. The van der Waals surface area contributed by atoms with Gasteiger partial charge >= 0.3 is 0 Å². The second kappa shape index (κ2) is 6.80. The highest BCUT2D eigenvalue weighted by molar-refractivity contribution is 5.79. The van der Waals surface area contributed by atoms with E-state index in [2.05, 4.69) is 26.1 Å². The summed E-state index contributed by atoms with van der Waals surface area (Å²) >= 11 is 0. The van der Waals surface area contributed by atoms with Crippen LogP contribution in [-0.4, -0.2) is 18.0 Å². The summed E-state index contributed by atoms with van der Waals surface area (Å²) in [5, 5.41) is 3.48. The summed E-state index contributed by atoms with van der Waals surface area (Å²) in [5.74, 6) is 4.77. The van der Waals surface area contributed by atoms with Crippen molar-refractivity contribution < 1.29 is 0 Å². The van der Waals surface area contributed by atoms with Crippen LogP contribution in [0.3, 0.4) is 0 Å². The van der Waals surface area contributed by atoms with E-state index in [4.69, 9.17) is 10.7 Å². The summed E-state index contributed by atoms with van der Waals surface area (Å²) < 4.78 is 0. The topological polar surface area (TPSA) is 50.4 Å². The second-order valence-electron chi connectivity index (χ2n) is 8.12. The largest absolute Gasteiger partial charge is 0.370 e. The van der Waals surface area contributed by atoms with E-state index >= 15 is 0 Å². The smallest absolute Gasteiger partial charge is 0.189 e. The SMILES string of the molecule is CCCCC[C@H](C)[C@@H]1[C@H](CC)C[C@@H]2CC[C@@H]3NC(N)=N[C@H]1[C@H]23. The highest BCUT2D eigenvalue weighted by Gasteiger charge is 2.52. The normalized spacial score (nSPS) is 41.5. The Balaban J connectivity index is 1.80. The number of hydrogen-bond acceptors (Lipinski definition) is 3. The lowest BCUT2D eigenvalue weighted by Crippen LogP contribution is -2.57. The number of nitrogens with zero attached hydrogens (tertiary/aromatic N) is 1. The average Bonchev–Trinajstić information content (AvgIpc) is 2.90. The molecule has 2 aliphatic carbocycles. The number of rotatable bonds is 6. The van der Waals surface area contributed by atoms with Crippen molar-refractivity contribution in [3.63, 3.8) is 0 Å². The zero-order valence-corrected chi connectivity index (χ0v) is 14.7. The van der Waals surface area contributed by atoms with Gasteiger partial charge in [0, 0.05) is 12.0 Å². The zero-order valence-electron chi connectivity index (χ0n) is 14.7. The van der Waals surface area contributed by atoms with Gasteiger partial charge in [-0.15, -0.1) is 0 Å². The molecule has 0 radical (unpaired) electrons. The zero-order chi connectivity index (χ0) is 15.7. The van der Waals surface area contributed by atoms with Gasteiger partial charge in [-0.3, -0.25) is 0 Å². The number of hydrogen-bond donors (Lipinski definition) is 2. The van der Waals surface area contributed by atoms with Gasteiger partial charge in [-0.05, 0) is 42.9 Å². The van der Waals surface area contributed by atoms with Crippen molar-refractivity contribution in [2.75, 3.05) is 0 Å². The molecule has 22 heavy (non-hydrogen) atoms. The van der Waals surface area contributed by atoms with Crippen LogP contribution < -0.4 is 11.1 Å². The number of guanidine groups is 1. The number of aliphatic imine (C=N–C) groups is 1. The minimum Gasteiger partial charge on any atom is -0.370 e. The summed E-state index contributed by atoms with van der Waals surface area (Å²) in [7, 11) is 0. The van der Waals surface area contributed by atoms with Gasteiger partial charge in [0.25, 0.3) is 0 Å². The van der Waals surface area contributed by atoms with Gasteiger partial charge in [0.1, 0.15) is 0 Å². The van der Waals surface area contributed by atoms with Crippen LogP contribution in [0.25, 0.3) is 0 Å². The van der Waals surface area contributed by atoms with E-state index in [1.807, 2.05) is 0 Å². The van der Waals surface area contributed by atoms with Crippen molar-refractivity contribution in [1.29, 1.82) is 0 Å². The van der Waals surface area contributed by atoms with Crippen LogP contribution in [0.15, 0.2) is 4.99 Å². The Morgan fingerprint density at radius 3 is 2.82 bits per heavy atom. The Hall–Kier alpha value is -0.730. The summed E-state index contributed by atoms with van der Waals surface area (Å²) in [6.07, 6.45) is 10.9. The fourth-order valence-electron chi connectivity index (χ4n) is 5.86. The maximum Gasteiger partial charge on any atom is 0.189 e. The van der Waals surface area contributed by atoms with Crippen LogP contribution in [0.5, 0.6) is 0 Å². The van der Waals surface area contributed by atoms with Crippen LogP contribution in [0.2, 0.25) is 0 Å². The van der Waals surface area contributed by atoms with Gasteiger partial charge in [0.2, 0.25) is 0 Å². The molecule has 0 bridgehead atoms. The molecule has 1 heterocycles. The molecule has 3 rings (SSSR count). The number of nitrogens with one attached hydrogen (secondary N) is 1. The van der Waals surface area contributed by atoms with Crippen molar-refractivity contribution in [2.45, 2.75) is 84.2 Å². The van der Waals surface area contributed by atoms with Gasteiger partial charge in [0.05, 0.1) is 6.04 Å². The van der Waals surface area contributed by atoms with Crippen molar-refractivity contribution in [3.05, 3.63) is 0 Å². The van der Waals surface area contributed by atoms with Gasteiger partial charge in [-0.2, -0.15) is 0 Å². The quantitative estimate of drug-likeness (QED) is 0.731. The molecule has 0 aromatic rings. The predicted molar refractivity (Wildman–Crippen MR) is 93.7 cm³/mol. The molecule has 0 spiro atoms. The van der Waals surface area contributed by atoms with E-state index < -0.39 is 0 Å². The third-order valence-corrected chi connectivity index (χ3v) is 6.86. The lowest BCUT2D eigenvalue weighted by molar-refractivity contribution is 0.0484. The maximum absolute atomic E-state index is 6.14. The molecule has 0 amide bonds. The Kier molecular flexibility index (Phi) is 4.99. The molecule has 3 heteroatoms. The van der Waals surface area contributed by atoms with E-state index in [0.29, 0.717) is 12.1 Å². The molecule has 126 valence electrons. The van der Waals surface area contributed by atoms with Gasteiger partial charge in [-0.25, -0.2) is 4.99 Å². The molecule has 0 aromatic heterocycles. The highest BCUT2D eigenvalue weighted by atomic mass is 15.2. The van der Waals surface area contributed by atoms with E-state index in [1.165, 1.54) is 51.4 Å². The van der Waals surface area contributed by atoms with Crippen LogP contribution in [0, 0.1) is 29.6 Å². The van der Waals surface area contributed by atoms with Gasteiger partial charge in [-0.1, -0.05) is 52.9 Å². The molecule has 3 nitrogen and oxygen atoms in total. The summed E-state index contributed by atoms with van der Waals surface area (Å²) in [6, 6.07) is 1.10. The standard InChI is InChI=1S/C19H35N3/c1-4-6-7-8-12(3)16-13(5-2)11-14-9-10-15-17(14)18(16)22-19(20)21-15/h12-18H,4-11H2,1-3H3,(H3,20,21,22)/t12-,13+,14-,15-,16+,17+,18+/m0/s1. The lowest BCUT2D eigenvalue weighted by atomic mass is 9.60. The van der Waals surface area contributed by atoms with Crippen molar-refractivity contribution in [2.24, 2.45) is 40.3 Å². The Labute approximate surface area is 136 Å². The van der Waals surface area contributed by atoms with E-state index in [9.17, 15) is 0 Å². The molecule has 0 unspecified atom stereocenters. The molecule has 0 aromatic carbocycles. The fraction of sp³-hybridized carbons (Fsp3) is 0.947. The van der Waals surface area contributed by atoms with Crippen LogP contribution in [0.4, 0.5) is 0 Å². The third kappa shape index (κ3) is 2.88. The summed E-state index contributed by atoms with van der Waals surface area (Å²) in [5.41, 5.74) is 6.14. The maximum atomic E-state index is 6.14. The van der Waals surface area contributed by atoms with Crippen LogP contribution in [0.1, 0.15) is 72.1 Å². The van der Waals surface area contributed by atoms with Crippen molar-refractivity contribution in [3.8, 4) is 0 Å². The van der Waals surface area contributed by atoms with Gasteiger partial charge < -0.3 is 11.1 Å². The van der Waals surface area contributed by atoms with E-state index in [-0.39, 0.29) is 0 Å². The first-order valence-corrected chi connectivity index (χ1v) is 9.75. The first-order chi connectivity index (χ1) is 10.7. The number of unbranched alkanes of at least 4 members (excludes halogenated alkanes) is 2. The molecule has 2 saturated carbocycles. The molecule has 0 saturated heterocycles. The van der Waals surface area contributed by atoms with E-state index in [0.717, 1.165) is 35.5 Å². The predicted octanol–water partition coefficient (Wildman–Crippen LogP) is 3.93. The molecule has 2 fully saturated rings. The molecule has 1 aliphatic heterocycles. The Bertz CT molecular complexity index is 405. The highest BCUT2D eigenvalue weighted by Crippen LogP contribution is 2.52. The summed E-state index contributed by atoms with van der Waals surface area (Å²) in [6.45, 7) is 7.17. The van der Waals surface area contributed by atoms with Crippen LogP contribution >= 0.6 is 0 Å². The first kappa shape index (κ1) is 16.1. The molecule has 3 aliphatic rings. The summed E-state index contributed by atoms with van der Waals surface area (Å²) in [4.78, 5) is 4.96. The Morgan fingerprint density at radius 2 is 2.09 bits per heavy atom. The fourth-order valence-corrected chi connectivity index (χ4v) is 5.86. The third-order valence-electron chi connectivity index (χ3n) is 6.86. The number of nitrogens with two attached hydrogens (primary N) is 1. The van der Waals surface area contributed by atoms with Crippen molar-refractivity contribution in [1.82, 2.24) is 5.32 Å². The minimum atomic E-state index is 0.495. The average molecular weight is 306 g/mol. The second-order valence-corrected chi connectivity index (χ2v) is 8.12. The Morgan fingerprint density at radius 1 is 1.27 bits per heavy atom. The van der Waals surface area contributed by atoms with Gasteiger partial charge in [0.15, 0.2) is 5.96 Å². The minimum absolute atomic E-state index is 0.495. The molecular weight excluding hydrogens is 270 g/mol. The monoisotopic (exact) mass is 305 g/mol.